The summed E-state index contributed by atoms with van der Waals surface area (Å²) in [5.74, 6) is -57.2. The number of amides is 2. The maximum atomic E-state index is 14.7. The van der Waals surface area contributed by atoms with E-state index in [9.17, 15) is 84.2 Å². The molecule has 0 fully saturated rings. The highest BCUT2D eigenvalue weighted by molar-refractivity contribution is 5.91. The summed E-state index contributed by atoms with van der Waals surface area (Å²) in [5, 5.41) is 3.64. The van der Waals surface area contributed by atoms with Crippen molar-refractivity contribution in [2.45, 2.75) is 41.7 Å². The van der Waals surface area contributed by atoms with Crippen molar-refractivity contribution >= 4 is 23.6 Å². The zero-order valence-corrected chi connectivity index (χ0v) is 25.0. The quantitative estimate of drug-likeness (QED) is 0.141. The van der Waals surface area contributed by atoms with Crippen molar-refractivity contribution < 1.29 is 98.4 Å². The SMILES string of the molecule is O=C(Nc1ccc(NC(=O)Oc2ccccc2)c(OC(F)=C(F)C(F)(F)C(F)(F)C(F)(F)C(F)(F)C(F)(F)C(F)(F)C(F)(F)F)c1)Oc1ccccc1. The smallest absolute Gasteiger partial charge is 0.427 e. The summed E-state index contributed by atoms with van der Waals surface area (Å²) >= 11 is 0. The van der Waals surface area contributed by atoms with Crippen LogP contribution in [-0.2, 0) is 0 Å². The van der Waals surface area contributed by atoms with Gasteiger partial charge in [0.25, 0.3) is 0 Å². The second-order valence-electron chi connectivity index (χ2n) is 10.00. The van der Waals surface area contributed by atoms with Gasteiger partial charge < -0.3 is 14.2 Å². The van der Waals surface area contributed by atoms with E-state index < -0.39 is 82.9 Å². The number of anilines is 2. The summed E-state index contributed by atoms with van der Waals surface area (Å²) in [4.78, 5) is 24.5. The van der Waals surface area contributed by atoms with Gasteiger partial charge in [0.15, 0.2) is 5.75 Å². The number of para-hydroxylation sites is 2. The minimum atomic E-state index is -8.77. The Morgan fingerprint density at radius 1 is 0.491 bits per heavy atom. The van der Waals surface area contributed by atoms with Crippen LogP contribution in [0.4, 0.5) is 95.6 Å². The van der Waals surface area contributed by atoms with E-state index in [-0.39, 0.29) is 17.6 Å². The van der Waals surface area contributed by atoms with E-state index in [1.807, 2.05) is 5.32 Å². The Kier molecular flexibility index (Phi) is 11.5. The van der Waals surface area contributed by atoms with Gasteiger partial charge in [0.2, 0.25) is 5.83 Å². The molecule has 2 N–H and O–H groups in total. The van der Waals surface area contributed by atoms with Gasteiger partial charge in [0.1, 0.15) is 11.5 Å². The lowest BCUT2D eigenvalue weighted by Crippen LogP contribution is -2.72. The minimum Gasteiger partial charge on any atom is -0.427 e. The molecule has 0 unspecified atom stereocenters. The first-order chi connectivity index (χ1) is 24.1. The maximum absolute atomic E-state index is 14.7. The first kappa shape index (κ1) is 42.0. The molecule has 0 aliphatic carbocycles. The van der Waals surface area contributed by atoms with Crippen molar-refractivity contribution in [1.29, 1.82) is 0 Å². The molecular weight excluding hydrogens is 779 g/mol. The van der Waals surface area contributed by atoms with E-state index in [0.29, 0.717) is 6.07 Å². The lowest BCUT2D eigenvalue weighted by Gasteiger charge is -2.41. The topological polar surface area (TPSA) is 85.9 Å². The molecule has 3 rings (SSSR count). The first-order valence-electron chi connectivity index (χ1n) is 13.4. The Hall–Kier alpha value is -5.45. The van der Waals surface area contributed by atoms with E-state index in [2.05, 4.69) is 4.74 Å². The van der Waals surface area contributed by atoms with Crippen LogP contribution >= 0.6 is 0 Å². The third kappa shape index (κ3) is 7.99. The molecule has 24 heteroatoms. The molecule has 0 radical (unpaired) electrons. The van der Waals surface area contributed by atoms with Gasteiger partial charge in [-0.25, -0.2) is 9.59 Å². The molecule has 0 heterocycles. The summed E-state index contributed by atoms with van der Waals surface area (Å²) in [6.07, 6.45) is -10.8. The molecular formula is C29H15F17N2O5. The van der Waals surface area contributed by atoms with Gasteiger partial charge in [0, 0.05) is 11.8 Å². The Labute approximate surface area is 282 Å². The second-order valence-corrected chi connectivity index (χ2v) is 10.00. The maximum Gasteiger partial charge on any atom is 0.460 e. The minimum absolute atomic E-state index is 0.107. The fourth-order valence-electron chi connectivity index (χ4n) is 3.63. The van der Waals surface area contributed by atoms with Crippen LogP contribution in [0.1, 0.15) is 0 Å². The average Bonchev–Trinajstić information content (AvgIpc) is 3.05. The highest BCUT2D eigenvalue weighted by Crippen LogP contribution is 2.63. The van der Waals surface area contributed by atoms with Crippen LogP contribution in [0.5, 0.6) is 17.2 Å². The lowest BCUT2D eigenvalue weighted by molar-refractivity contribution is -0.451. The molecule has 0 spiro atoms. The van der Waals surface area contributed by atoms with Gasteiger partial charge in [-0.1, -0.05) is 36.4 Å². The number of benzene rings is 3. The Morgan fingerprint density at radius 3 is 1.36 bits per heavy atom. The van der Waals surface area contributed by atoms with Crippen LogP contribution < -0.4 is 24.8 Å². The fourth-order valence-corrected chi connectivity index (χ4v) is 3.63. The largest absolute Gasteiger partial charge is 0.460 e. The van der Waals surface area contributed by atoms with Crippen LogP contribution in [0.2, 0.25) is 0 Å². The van der Waals surface area contributed by atoms with Crippen molar-refractivity contribution in [2.24, 2.45) is 0 Å². The zero-order valence-electron chi connectivity index (χ0n) is 25.0. The van der Waals surface area contributed by atoms with E-state index in [0.717, 1.165) is 6.07 Å². The molecule has 2 amide bonds. The van der Waals surface area contributed by atoms with E-state index in [4.69, 9.17) is 9.47 Å². The number of rotatable bonds is 12. The summed E-state index contributed by atoms with van der Waals surface area (Å²) in [5.41, 5.74) is -1.68. The Morgan fingerprint density at radius 2 is 0.906 bits per heavy atom. The predicted octanol–water partition coefficient (Wildman–Crippen LogP) is 10.8. The van der Waals surface area contributed by atoms with Gasteiger partial charge in [0.05, 0.1) is 5.69 Å². The Bertz CT molecular complexity index is 1820. The predicted molar refractivity (Wildman–Crippen MR) is 144 cm³/mol. The number of nitrogens with one attached hydrogen (secondary N) is 2. The zero-order chi connectivity index (χ0) is 40.4. The molecule has 0 atom stereocenters. The molecule has 7 nitrogen and oxygen atoms in total. The standard InChI is InChI=1S/C29H15F17N2O5/c30-19(23(32,33)24(34,35)25(36,37)26(38,39)27(40,41)28(42,43)29(44,45)46)20(31)53-18-13-14(47-21(49)51-15-7-3-1-4-8-15)11-12-17(18)48-22(50)52-16-9-5-2-6-10-16/h1-13H,(H,47,49)(H,48,50). The monoisotopic (exact) mass is 794 g/mol. The molecule has 0 aliphatic heterocycles. The lowest BCUT2D eigenvalue weighted by atomic mass is 9.91. The number of carbonyl (C=O) groups is 2. The summed E-state index contributed by atoms with van der Waals surface area (Å²) in [6.45, 7) is 0. The number of hydrogen-bond donors (Lipinski definition) is 2. The first-order valence-corrected chi connectivity index (χ1v) is 13.4. The van der Waals surface area contributed by atoms with Crippen LogP contribution in [0.15, 0.2) is 90.7 Å². The fraction of sp³-hybridized carbons (Fsp3) is 0.241. The Balaban J connectivity index is 2.04. The molecule has 53 heavy (non-hydrogen) atoms. The summed E-state index contributed by atoms with van der Waals surface area (Å²) in [7, 11) is 0. The van der Waals surface area contributed by atoms with Gasteiger partial charge in [-0.2, -0.15) is 74.6 Å². The van der Waals surface area contributed by atoms with Crippen LogP contribution in [-0.4, -0.2) is 53.9 Å². The average molecular weight is 794 g/mol. The van der Waals surface area contributed by atoms with Gasteiger partial charge in [-0.15, -0.1) is 0 Å². The molecule has 0 bridgehead atoms. The van der Waals surface area contributed by atoms with E-state index >= 15 is 0 Å². The molecule has 0 saturated heterocycles. The molecule has 0 aliphatic rings. The number of alkyl halides is 15. The molecule has 0 aromatic heterocycles. The number of allylic oxidation sites excluding steroid dienone is 1. The number of halogens is 17. The van der Waals surface area contributed by atoms with Crippen molar-refractivity contribution in [3.05, 3.63) is 90.7 Å². The van der Waals surface area contributed by atoms with Gasteiger partial charge >= 0.3 is 59.9 Å². The second kappa shape index (κ2) is 14.5. The normalized spacial score (nSPS) is 13.8. The molecule has 290 valence electrons. The molecule has 3 aromatic carbocycles. The van der Waals surface area contributed by atoms with Crippen LogP contribution in [0.3, 0.4) is 0 Å². The summed E-state index contributed by atoms with van der Waals surface area (Å²) in [6, 6.07) is 11.1. The summed E-state index contributed by atoms with van der Waals surface area (Å²) < 4.78 is 246. The van der Waals surface area contributed by atoms with Crippen molar-refractivity contribution in [3.63, 3.8) is 0 Å². The van der Waals surface area contributed by atoms with Gasteiger partial charge in [-0.3, -0.25) is 10.6 Å². The highest BCUT2D eigenvalue weighted by Gasteiger charge is 2.94. The highest BCUT2D eigenvalue weighted by atomic mass is 19.4. The van der Waals surface area contributed by atoms with Crippen LogP contribution in [0, 0.1) is 0 Å². The molecule has 0 saturated carbocycles. The van der Waals surface area contributed by atoms with Crippen molar-refractivity contribution in [1.82, 2.24) is 0 Å². The third-order valence-electron chi connectivity index (χ3n) is 6.35. The number of ether oxygens (including phenoxy) is 3. The van der Waals surface area contributed by atoms with Gasteiger partial charge in [-0.05, 0) is 36.4 Å². The third-order valence-corrected chi connectivity index (χ3v) is 6.35. The van der Waals surface area contributed by atoms with Crippen molar-refractivity contribution in [2.75, 3.05) is 10.6 Å². The molecule has 3 aromatic rings. The number of carbonyl (C=O) groups excluding carboxylic acids is 2. The number of hydrogen-bond acceptors (Lipinski definition) is 5. The van der Waals surface area contributed by atoms with E-state index in [1.54, 1.807) is 5.32 Å². The van der Waals surface area contributed by atoms with Crippen molar-refractivity contribution in [3.8, 4) is 17.2 Å². The van der Waals surface area contributed by atoms with Crippen LogP contribution in [0.25, 0.3) is 0 Å². The van der Waals surface area contributed by atoms with E-state index in [1.165, 1.54) is 60.7 Å².